The average molecular weight is 300 g/mol. The first kappa shape index (κ1) is 15.0. The van der Waals surface area contributed by atoms with E-state index in [0.717, 1.165) is 12.1 Å². The number of nitrogens with one attached hydrogen (secondary N) is 1. The molecule has 0 saturated heterocycles. The lowest BCUT2D eigenvalue weighted by Gasteiger charge is -2.13. The molecule has 2 aromatic rings. The van der Waals surface area contributed by atoms with Crippen LogP contribution < -0.4 is 10.3 Å². The van der Waals surface area contributed by atoms with E-state index in [1.165, 1.54) is 25.3 Å². The molecule has 1 heterocycles. The molecule has 0 saturated carbocycles. The Labute approximate surface area is 117 Å². The van der Waals surface area contributed by atoms with Crippen molar-refractivity contribution < 1.29 is 22.6 Å². The number of ether oxygens (including phenoxy) is 2. The van der Waals surface area contributed by atoms with Crippen LogP contribution in [-0.4, -0.2) is 23.4 Å². The second-order valence-electron chi connectivity index (χ2n) is 4.05. The summed E-state index contributed by atoms with van der Waals surface area (Å²) in [4.78, 5) is 18.0. The summed E-state index contributed by atoms with van der Waals surface area (Å²) < 4.78 is 45.9. The molecule has 0 amide bonds. The van der Waals surface area contributed by atoms with Crippen LogP contribution in [0.15, 0.2) is 35.1 Å². The molecule has 0 radical (unpaired) electrons. The number of halogens is 3. The molecule has 5 nitrogen and oxygen atoms in total. The molecule has 0 aliphatic heterocycles. The van der Waals surface area contributed by atoms with Gasteiger partial charge in [0.15, 0.2) is 0 Å². The van der Waals surface area contributed by atoms with Gasteiger partial charge in [-0.25, -0.2) is 4.98 Å². The normalized spacial score (nSPS) is 11.4. The number of hydrogen-bond donors (Lipinski definition) is 1. The van der Waals surface area contributed by atoms with Crippen LogP contribution in [0.25, 0.3) is 11.3 Å². The van der Waals surface area contributed by atoms with Crippen molar-refractivity contribution in [3.63, 3.8) is 0 Å². The Kier molecular flexibility index (Phi) is 4.27. The number of nitrogens with zero attached hydrogens (tertiary/aromatic N) is 1. The zero-order valence-electron chi connectivity index (χ0n) is 10.9. The molecule has 21 heavy (non-hydrogen) atoms. The zero-order chi connectivity index (χ0) is 15.5. The van der Waals surface area contributed by atoms with Crippen molar-refractivity contribution in [1.82, 2.24) is 9.97 Å². The molecule has 112 valence electrons. The van der Waals surface area contributed by atoms with E-state index in [4.69, 9.17) is 4.74 Å². The Balaban J connectivity index is 2.49. The minimum atomic E-state index is -4.83. The van der Waals surface area contributed by atoms with E-state index in [1.807, 2.05) is 0 Å². The molecule has 1 N–H and O–H groups in total. The van der Waals surface area contributed by atoms with Crippen molar-refractivity contribution in [2.45, 2.75) is 13.0 Å². The number of rotatable bonds is 4. The summed E-state index contributed by atoms with van der Waals surface area (Å²) in [7, 11) is 1.41. The van der Waals surface area contributed by atoms with Gasteiger partial charge in [-0.15, -0.1) is 13.2 Å². The number of alkyl halides is 3. The molecule has 2 rings (SSSR count). The van der Waals surface area contributed by atoms with Crippen LogP contribution in [0.4, 0.5) is 13.2 Å². The molecule has 1 aromatic carbocycles. The van der Waals surface area contributed by atoms with Crippen molar-refractivity contribution in [3.05, 3.63) is 46.5 Å². The van der Waals surface area contributed by atoms with E-state index in [0.29, 0.717) is 0 Å². The molecule has 0 bridgehead atoms. The van der Waals surface area contributed by atoms with Gasteiger partial charge in [0.05, 0.1) is 5.69 Å². The fourth-order valence-corrected chi connectivity index (χ4v) is 1.74. The minimum absolute atomic E-state index is 0.0331. The lowest BCUT2D eigenvalue weighted by atomic mass is 10.1. The number of H-pyrrole nitrogens is 1. The number of hydrogen-bond acceptors (Lipinski definition) is 4. The van der Waals surface area contributed by atoms with E-state index in [-0.39, 0.29) is 23.7 Å². The molecular weight excluding hydrogens is 289 g/mol. The Morgan fingerprint density at radius 3 is 2.67 bits per heavy atom. The zero-order valence-corrected chi connectivity index (χ0v) is 10.9. The summed E-state index contributed by atoms with van der Waals surface area (Å²) in [6, 6.07) is 6.56. The highest BCUT2D eigenvalue weighted by atomic mass is 19.4. The summed E-state index contributed by atoms with van der Waals surface area (Å²) >= 11 is 0. The third kappa shape index (κ3) is 4.06. The van der Waals surface area contributed by atoms with Crippen molar-refractivity contribution in [1.29, 1.82) is 0 Å². The SMILES string of the molecule is COCc1nc(-c2ccccc2OC(F)(F)F)cc(=O)[nH]1. The molecular formula is C13H11F3N2O3. The number of benzene rings is 1. The predicted octanol–water partition coefficient (Wildman–Crippen LogP) is 2.48. The molecule has 0 unspecified atom stereocenters. The van der Waals surface area contributed by atoms with Crippen LogP contribution in [0.5, 0.6) is 5.75 Å². The Morgan fingerprint density at radius 1 is 1.29 bits per heavy atom. The number of methoxy groups -OCH3 is 1. The molecule has 0 spiro atoms. The largest absolute Gasteiger partial charge is 0.573 e. The lowest BCUT2D eigenvalue weighted by Crippen LogP contribution is -2.18. The van der Waals surface area contributed by atoms with Gasteiger partial charge in [-0.3, -0.25) is 4.79 Å². The van der Waals surface area contributed by atoms with Gasteiger partial charge in [0, 0.05) is 18.7 Å². The first-order valence-corrected chi connectivity index (χ1v) is 5.83. The Bertz CT molecular complexity index is 683. The third-order valence-electron chi connectivity index (χ3n) is 2.46. The monoisotopic (exact) mass is 300 g/mol. The van der Waals surface area contributed by atoms with E-state index in [2.05, 4.69) is 14.7 Å². The van der Waals surface area contributed by atoms with Crippen LogP contribution in [0.3, 0.4) is 0 Å². The molecule has 1 aromatic heterocycles. The van der Waals surface area contributed by atoms with Crippen LogP contribution in [0, 0.1) is 0 Å². The highest BCUT2D eigenvalue weighted by Crippen LogP contribution is 2.32. The molecule has 0 fully saturated rings. The first-order chi connectivity index (χ1) is 9.89. The van der Waals surface area contributed by atoms with E-state index in [1.54, 1.807) is 0 Å². The van der Waals surface area contributed by atoms with Crippen LogP contribution >= 0.6 is 0 Å². The highest BCUT2D eigenvalue weighted by molar-refractivity contribution is 5.66. The second kappa shape index (κ2) is 5.96. The van der Waals surface area contributed by atoms with Gasteiger partial charge in [-0.1, -0.05) is 12.1 Å². The number of aromatic nitrogens is 2. The van der Waals surface area contributed by atoms with Gasteiger partial charge in [0.2, 0.25) is 0 Å². The summed E-state index contributed by atoms with van der Waals surface area (Å²) in [5.41, 5.74) is -0.349. The lowest BCUT2D eigenvalue weighted by molar-refractivity contribution is -0.274. The molecule has 0 aliphatic carbocycles. The predicted molar refractivity (Wildman–Crippen MR) is 67.7 cm³/mol. The summed E-state index contributed by atoms with van der Waals surface area (Å²) in [6.45, 7) is 0.0331. The maximum atomic E-state index is 12.4. The van der Waals surface area contributed by atoms with Crippen molar-refractivity contribution in [3.8, 4) is 17.0 Å². The maximum absolute atomic E-state index is 12.4. The second-order valence-corrected chi connectivity index (χ2v) is 4.05. The van der Waals surface area contributed by atoms with E-state index >= 15 is 0 Å². The number of aromatic amines is 1. The van der Waals surface area contributed by atoms with Gasteiger partial charge in [-0.05, 0) is 12.1 Å². The first-order valence-electron chi connectivity index (χ1n) is 5.83. The van der Waals surface area contributed by atoms with Gasteiger partial charge in [0.25, 0.3) is 5.56 Å². The van der Waals surface area contributed by atoms with Gasteiger partial charge in [-0.2, -0.15) is 0 Å². The van der Waals surface area contributed by atoms with Crippen molar-refractivity contribution in [2.75, 3.05) is 7.11 Å². The smallest absolute Gasteiger partial charge is 0.405 e. The van der Waals surface area contributed by atoms with Crippen molar-refractivity contribution >= 4 is 0 Å². The Morgan fingerprint density at radius 2 is 2.00 bits per heavy atom. The van der Waals surface area contributed by atoms with Gasteiger partial charge < -0.3 is 14.5 Å². The quantitative estimate of drug-likeness (QED) is 0.942. The van der Waals surface area contributed by atoms with Gasteiger partial charge >= 0.3 is 6.36 Å². The fourth-order valence-electron chi connectivity index (χ4n) is 1.74. The van der Waals surface area contributed by atoms with Crippen LogP contribution in [-0.2, 0) is 11.3 Å². The van der Waals surface area contributed by atoms with Crippen molar-refractivity contribution in [2.24, 2.45) is 0 Å². The van der Waals surface area contributed by atoms with Gasteiger partial charge in [0.1, 0.15) is 18.2 Å². The summed E-state index contributed by atoms with van der Waals surface area (Å²) in [5, 5.41) is 0. The molecule has 8 heteroatoms. The maximum Gasteiger partial charge on any atom is 0.573 e. The van der Waals surface area contributed by atoms with Crippen LogP contribution in [0.2, 0.25) is 0 Å². The van der Waals surface area contributed by atoms with E-state index < -0.39 is 17.7 Å². The highest BCUT2D eigenvalue weighted by Gasteiger charge is 2.32. The standard InChI is InChI=1S/C13H11F3N2O3/c1-20-7-11-17-9(6-12(19)18-11)8-4-2-3-5-10(8)21-13(14,15)16/h2-6H,7H2,1H3,(H,17,18,19). The minimum Gasteiger partial charge on any atom is -0.405 e. The summed E-state index contributed by atoms with van der Waals surface area (Å²) in [5.74, 6) is -0.215. The molecule has 0 atom stereocenters. The average Bonchev–Trinajstić information content (AvgIpc) is 2.37. The van der Waals surface area contributed by atoms with E-state index in [9.17, 15) is 18.0 Å². The topological polar surface area (TPSA) is 64.2 Å². The molecule has 0 aliphatic rings. The summed E-state index contributed by atoms with van der Waals surface area (Å²) in [6.07, 6.45) is -4.83. The fraction of sp³-hybridized carbons (Fsp3) is 0.231. The third-order valence-corrected chi connectivity index (χ3v) is 2.46. The Hall–Kier alpha value is -2.35. The van der Waals surface area contributed by atoms with Crippen LogP contribution in [0.1, 0.15) is 5.82 Å². The number of para-hydroxylation sites is 1.